The Bertz CT molecular complexity index is 215. The van der Waals surface area contributed by atoms with E-state index in [-0.39, 0.29) is 17.0 Å². The normalized spacial score (nSPS) is 27.2. The Morgan fingerprint density at radius 3 is 2.62 bits per heavy atom. The summed E-state index contributed by atoms with van der Waals surface area (Å²) in [7, 11) is 1.41. The van der Waals surface area contributed by atoms with Crippen molar-refractivity contribution in [3.05, 3.63) is 0 Å². The molecular formula is C9H14O3S. The molecule has 4 heteroatoms. The Hall–Kier alpha value is -0.510. The Balaban J connectivity index is 2.36. The number of thioether (sulfide) groups is 1. The monoisotopic (exact) mass is 202 g/mol. The van der Waals surface area contributed by atoms with Crippen LogP contribution in [0.3, 0.4) is 0 Å². The van der Waals surface area contributed by atoms with E-state index < -0.39 is 0 Å². The van der Waals surface area contributed by atoms with Gasteiger partial charge in [0.2, 0.25) is 0 Å². The minimum atomic E-state index is -0.133. The zero-order valence-corrected chi connectivity index (χ0v) is 8.73. The lowest BCUT2D eigenvalue weighted by molar-refractivity contribution is -0.145. The van der Waals surface area contributed by atoms with Gasteiger partial charge in [-0.25, -0.2) is 0 Å². The maximum absolute atomic E-state index is 11.1. The SMILES string of the molecule is COC(=O)[C@H]1CC[C@@H](SC(C)=O)C1. The first-order chi connectivity index (χ1) is 6.13. The van der Waals surface area contributed by atoms with Crippen LogP contribution in [0.2, 0.25) is 0 Å². The molecule has 74 valence electrons. The number of hydrogen-bond donors (Lipinski definition) is 0. The van der Waals surface area contributed by atoms with Crippen molar-refractivity contribution in [1.29, 1.82) is 0 Å². The summed E-state index contributed by atoms with van der Waals surface area (Å²) in [5, 5.41) is 0.456. The van der Waals surface area contributed by atoms with Crippen LogP contribution in [0.1, 0.15) is 26.2 Å². The van der Waals surface area contributed by atoms with Crippen LogP contribution < -0.4 is 0 Å². The van der Waals surface area contributed by atoms with Crippen LogP contribution in [0, 0.1) is 5.92 Å². The molecule has 0 unspecified atom stereocenters. The van der Waals surface area contributed by atoms with Gasteiger partial charge < -0.3 is 4.74 Å². The molecule has 3 nitrogen and oxygen atoms in total. The topological polar surface area (TPSA) is 43.4 Å². The zero-order chi connectivity index (χ0) is 9.84. The largest absolute Gasteiger partial charge is 0.469 e. The Morgan fingerprint density at radius 1 is 1.38 bits per heavy atom. The highest BCUT2D eigenvalue weighted by Crippen LogP contribution is 2.34. The lowest BCUT2D eigenvalue weighted by Gasteiger charge is -2.07. The fourth-order valence-electron chi connectivity index (χ4n) is 1.66. The van der Waals surface area contributed by atoms with Crippen molar-refractivity contribution in [3.8, 4) is 0 Å². The number of rotatable bonds is 2. The Kier molecular flexibility index (Phi) is 3.78. The number of hydrogen-bond acceptors (Lipinski definition) is 4. The van der Waals surface area contributed by atoms with Gasteiger partial charge in [-0.3, -0.25) is 9.59 Å². The molecular weight excluding hydrogens is 188 g/mol. The molecule has 0 aliphatic heterocycles. The third-order valence-electron chi connectivity index (χ3n) is 2.25. The van der Waals surface area contributed by atoms with E-state index in [1.54, 1.807) is 6.92 Å². The van der Waals surface area contributed by atoms with Crippen molar-refractivity contribution < 1.29 is 14.3 Å². The first-order valence-corrected chi connectivity index (χ1v) is 5.26. The van der Waals surface area contributed by atoms with Gasteiger partial charge in [0.15, 0.2) is 5.12 Å². The molecule has 13 heavy (non-hydrogen) atoms. The molecule has 0 aromatic carbocycles. The molecule has 1 aliphatic carbocycles. The van der Waals surface area contributed by atoms with E-state index in [4.69, 9.17) is 0 Å². The summed E-state index contributed by atoms with van der Waals surface area (Å²) in [5.41, 5.74) is 0. The first-order valence-electron chi connectivity index (χ1n) is 4.38. The highest BCUT2D eigenvalue weighted by atomic mass is 32.2. The van der Waals surface area contributed by atoms with Gasteiger partial charge in [-0.1, -0.05) is 11.8 Å². The third-order valence-corrected chi connectivity index (χ3v) is 3.35. The van der Waals surface area contributed by atoms with Crippen molar-refractivity contribution in [2.24, 2.45) is 5.92 Å². The van der Waals surface area contributed by atoms with E-state index in [1.807, 2.05) is 0 Å². The molecule has 1 fully saturated rings. The van der Waals surface area contributed by atoms with Gasteiger partial charge in [-0.2, -0.15) is 0 Å². The molecule has 0 aromatic heterocycles. The van der Waals surface area contributed by atoms with E-state index >= 15 is 0 Å². The molecule has 0 aromatic rings. The lowest BCUT2D eigenvalue weighted by Crippen LogP contribution is -2.13. The van der Waals surface area contributed by atoms with E-state index in [0.717, 1.165) is 19.3 Å². The van der Waals surface area contributed by atoms with Gasteiger partial charge in [0.25, 0.3) is 0 Å². The second-order valence-electron chi connectivity index (χ2n) is 3.26. The predicted molar refractivity (Wildman–Crippen MR) is 51.4 cm³/mol. The molecule has 2 atom stereocenters. The van der Waals surface area contributed by atoms with Gasteiger partial charge in [0.05, 0.1) is 13.0 Å². The van der Waals surface area contributed by atoms with Crippen molar-refractivity contribution in [1.82, 2.24) is 0 Å². The third kappa shape index (κ3) is 3.03. The average Bonchev–Trinajstić information content (AvgIpc) is 2.50. The molecule has 0 N–H and O–H groups in total. The fourth-order valence-corrected chi connectivity index (χ4v) is 2.71. The van der Waals surface area contributed by atoms with Crippen LogP contribution in [-0.2, 0) is 14.3 Å². The molecule has 0 heterocycles. The quantitative estimate of drug-likeness (QED) is 0.638. The highest BCUT2D eigenvalue weighted by molar-refractivity contribution is 8.14. The molecule has 1 rings (SSSR count). The number of carbonyl (C=O) groups excluding carboxylic acids is 2. The van der Waals surface area contributed by atoms with Crippen LogP contribution >= 0.6 is 11.8 Å². The van der Waals surface area contributed by atoms with E-state index in [0.29, 0.717) is 5.25 Å². The van der Waals surface area contributed by atoms with Crippen molar-refractivity contribution in [3.63, 3.8) is 0 Å². The van der Waals surface area contributed by atoms with E-state index in [1.165, 1.54) is 18.9 Å². The molecule has 0 spiro atoms. The van der Waals surface area contributed by atoms with Crippen LogP contribution in [0.5, 0.6) is 0 Å². The van der Waals surface area contributed by atoms with Crippen LogP contribution in [0.4, 0.5) is 0 Å². The predicted octanol–water partition coefficient (Wildman–Crippen LogP) is 1.61. The highest BCUT2D eigenvalue weighted by Gasteiger charge is 2.31. The lowest BCUT2D eigenvalue weighted by atomic mass is 10.1. The summed E-state index contributed by atoms with van der Waals surface area (Å²) in [6.07, 6.45) is 2.60. The van der Waals surface area contributed by atoms with Gasteiger partial charge in [-0.15, -0.1) is 0 Å². The standard InChI is InChI=1S/C9H14O3S/c1-6(10)13-8-4-3-7(5-8)9(11)12-2/h7-8H,3-5H2,1-2H3/t7-,8+/m0/s1. The Morgan fingerprint density at radius 2 is 2.08 bits per heavy atom. The number of esters is 1. The molecule has 0 radical (unpaired) electrons. The zero-order valence-electron chi connectivity index (χ0n) is 7.91. The molecule has 0 amide bonds. The smallest absolute Gasteiger partial charge is 0.308 e. The van der Waals surface area contributed by atoms with Crippen LogP contribution in [-0.4, -0.2) is 23.4 Å². The molecule has 0 bridgehead atoms. The molecule has 0 saturated heterocycles. The summed E-state index contributed by atoms with van der Waals surface area (Å²) >= 11 is 1.35. The fraction of sp³-hybridized carbons (Fsp3) is 0.778. The maximum atomic E-state index is 11.1. The average molecular weight is 202 g/mol. The maximum Gasteiger partial charge on any atom is 0.308 e. The van der Waals surface area contributed by atoms with E-state index in [2.05, 4.69) is 4.74 Å². The van der Waals surface area contributed by atoms with E-state index in [9.17, 15) is 9.59 Å². The van der Waals surface area contributed by atoms with Gasteiger partial charge in [0.1, 0.15) is 0 Å². The molecule has 1 aliphatic rings. The summed E-state index contributed by atoms with van der Waals surface area (Å²) in [6, 6.07) is 0. The second-order valence-corrected chi connectivity index (χ2v) is 4.74. The van der Waals surface area contributed by atoms with Crippen LogP contribution in [0.15, 0.2) is 0 Å². The number of ether oxygens (including phenoxy) is 1. The first kappa shape index (κ1) is 10.6. The van der Waals surface area contributed by atoms with Crippen molar-refractivity contribution in [2.45, 2.75) is 31.4 Å². The number of carbonyl (C=O) groups is 2. The molecule has 1 saturated carbocycles. The number of methoxy groups -OCH3 is 1. The Labute approximate surface area is 82.2 Å². The summed E-state index contributed by atoms with van der Waals surface area (Å²) in [4.78, 5) is 21.9. The van der Waals surface area contributed by atoms with Gasteiger partial charge >= 0.3 is 5.97 Å². The van der Waals surface area contributed by atoms with Gasteiger partial charge in [0, 0.05) is 12.2 Å². The van der Waals surface area contributed by atoms with Crippen molar-refractivity contribution >= 4 is 22.8 Å². The van der Waals surface area contributed by atoms with Crippen LogP contribution in [0.25, 0.3) is 0 Å². The van der Waals surface area contributed by atoms with Gasteiger partial charge in [-0.05, 0) is 19.3 Å². The minimum absolute atomic E-state index is 0.0156. The van der Waals surface area contributed by atoms with Crippen molar-refractivity contribution in [2.75, 3.05) is 7.11 Å². The summed E-state index contributed by atoms with van der Waals surface area (Å²) < 4.78 is 4.65. The summed E-state index contributed by atoms with van der Waals surface area (Å²) in [5.74, 6) is -0.117. The minimum Gasteiger partial charge on any atom is -0.469 e. The second kappa shape index (κ2) is 4.65. The summed E-state index contributed by atoms with van der Waals surface area (Å²) in [6.45, 7) is 1.57.